The first kappa shape index (κ1) is 45.1. The van der Waals surface area contributed by atoms with Crippen molar-refractivity contribution in [3.8, 4) is 0 Å². The van der Waals surface area contributed by atoms with E-state index in [1.54, 1.807) is 24.3 Å². The van der Waals surface area contributed by atoms with Crippen LogP contribution in [0.25, 0.3) is 22.1 Å². The van der Waals surface area contributed by atoms with E-state index in [9.17, 15) is 25.3 Å². The lowest BCUT2D eigenvalue weighted by molar-refractivity contribution is 0.289. The highest BCUT2D eigenvalue weighted by molar-refractivity contribution is 7.91. The average Bonchev–Trinajstić information content (AvgIpc) is 4.08. The largest absolute Gasteiger partial charge is 0.328 e. The number of nitrogens with one attached hydrogen (secondary N) is 1. The molecule has 2 saturated carbocycles. The number of piperidine rings is 2. The number of sulfone groups is 2. The van der Waals surface area contributed by atoms with Gasteiger partial charge in [-0.1, -0.05) is 41.5 Å². The van der Waals surface area contributed by atoms with Gasteiger partial charge in [-0.25, -0.2) is 31.9 Å². The number of hydrogen-bond donors (Lipinski definition) is 2. The molecule has 8 rings (SSSR count). The summed E-state index contributed by atoms with van der Waals surface area (Å²) in [6.07, 6.45) is 9.64. The Morgan fingerprint density at radius 2 is 1.00 bits per heavy atom. The molecule has 332 valence electrons. The zero-order valence-corrected chi connectivity index (χ0v) is 38.9. The lowest BCUT2D eigenvalue weighted by Gasteiger charge is -2.29. The molecule has 60 heavy (non-hydrogen) atoms. The molecule has 0 amide bonds. The van der Waals surface area contributed by atoms with Gasteiger partial charge in [-0.05, 0) is 135 Å². The second kappa shape index (κ2) is 17.3. The van der Waals surface area contributed by atoms with E-state index in [-0.39, 0.29) is 52.2 Å². The van der Waals surface area contributed by atoms with Crippen molar-refractivity contribution in [2.75, 3.05) is 37.7 Å². The van der Waals surface area contributed by atoms with Gasteiger partial charge in [0, 0.05) is 39.0 Å². The molecule has 2 aliphatic carbocycles. The summed E-state index contributed by atoms with van der Waals surface area (Å²) < 4.78 is 81.1. The van der Waals surface area contributed by atoms with E-state index in [2.05, 4.69) is 56.0 Å². The summed E-state index contributed by atoms with van der Waals surface area (Å²) in [5, 5.41) is 8.49. The summed E-state index contributed by atoms with van der Waals surface area (Å²) in [5.74, 6) is 3.97. The Hall–Kier alpha value is -2.89. The molecule has 16 heteroatoms. The Bertz CT molecular complexity index is 2490. The van der Waals surface area contributed by atoms with Crippen LogP contribution in [-0.4, -0.2) is 86.3 Å². The standard InChI is InChI=1S/C22H34N4O4S2.C22H33N3O2S/c1-22(2,3)13-21-24-19-12-18(6-7-20(19)26(21)14-16-4-5-16)31(27,28)15-17-8-10-25(11-9-17)32(23,29)30;1-22(2,3)13-21-24-19-12-18(6-7-20(19)25(21)14-16-4-5-16)28(26,27)15-17-8-10-23-11-9-17/h6-7,12,16-17H,4-5,8-11,13-15H2,1-3H3,(H2,23,29,30);6-7,12,16-17,23H,4-5,8-11,13-15H2,1-3H3. The van der Waals surface area contributed by atoms with Crippen LogP contribution in [-0.2, 0) is 55.8 Å². The highest BCUT2D eigenvalue weighted by atomic mass is 32.2. The molecule has 2 aromatic carbocycles. The fraction of sp³-hybridized carbons (Fsp3) is 0.682. The van der Waals surface area contributed by atoms with Crippen molar-refractivity contribution in [2.45, 2.75) is 129 Å². The second-order valence-electron chi connectivity index (χ2n) is 20.6. The lowest BCUT2D eigenvalue weighted by atomic mass is 9.92. The number of nitrogens with zero attached hydrogens (tertiary/aromatic N) is 5. The van der Waals surface area contributed by atoms with Gasteiger partial charge in [0.2, 0.25) is 0 Å². The first-order chi connectivity index (χ1) is 28.0. The highest BCUT2D eigenvalue weighted by Gasteiger charge is 2.32. The fourth-order valence-electron chi connectivity index (χ4n) is 8.64. The van der Waals surface area contributed by atoms with Gasteiger partial charge in [0.1, 0.15) is 11.6 Å². The van der Waals surface area contributed by atoms with Gasteiger partial charge >= 0.3 is 0 Å². The number of imidazole rings is 2. The maximum atomic E-state index is 13.1. The molecule has 2 aromatic heterocycles. The Morgan fingerprint density at radius 1 is 0.600 bits per heavy atom. The van der Waals surface area contributed by atoms with Crippen LogP contribution in [0.4, 0.5) is 0 Å². The normalized spacial score (nSPS) is 19.5. The number of aromatic nitrogens is 4. The third kappa shape index (κ3) is 11.8. The Balaban J connectivity index is 0.000000183. The van der Waals surface area contributed by atoms with Gasteiger partial charge in [-0.3, -0.25) is 0 Å². The summed E-state index contributed by atoms with van der Waals surface area (Å²) in [7, 11) is -10.5. The monoisotopic (exact) mass is 885 g/mol. The Morgan fingerprint density at radius 3 is 1.37 bits per heavy atom. The van der Waals surface area contributed by atoms with Gasteiger partial charge in [0.05, 0.1) is 43.4 Å². The van der Waals surface area contributed by atoms with Crippen LogP contribution in [0.5, 0.6) is 0 Å². The Labute approximate surface area is 358 Å². The number of fused-ring (bicyclic) bond motifs is 2. The molecule has 3 N–H and O–H groups in total. The van der Waals surface area contributed by atoms with Gasteiger partial charge in [0.25, 0.3) is 10.2 Å². The maximum Gasteiger partial charge on any atom is 0.276 e. The molecule has 0 radical (unpaired) electrons. The first-order valence-electron chi connectivity index (χ1n) is 22.0. The van der Waals surface area contributed by atoms with E-state index in [1.165, 1.54) is 30.0 Å². The van der Waals surface area contributed by atoms with Gasteiger partial charge in [-0.2, -0.15) is 12.7 Å². The molecule has 0 atom stereocenters. The molecule has 2 saturated heterocycles. The molecule has 4 aromatic rings. The minimum absolute atomic E-state index is 0.00853. The second-order valence-corrected chi connectivity index (χ2v) is 26.2. The van der Waals surface area contributed by atoms with Crippen LogP contribution in [0.1, 0.15) is 105 Å². The number of nitrogens with two attached hydrogens (primary N) is 1. The molecule has 0 spiro atoms. The van der Waals surface area contributed by atoms with Crippen LogP contribution in [0, 0.1) is 34.5 Å². The smallest absolute Gasteiger partial charge is 0.276 e. The predicted octanol–water partition coefficient (Wildman–Crippen LogP) is 6.53. The van der Waals surface area contributed by atoms with Gasteiger partial charge < -0.3 is 14.5 Å². The Kier molecular flexibility index (Phi) is 13.1. The van der Waals surface area contributed by atoms with E-state index in [0.29, 0.717) is 23.7 Å². The summed E-state index contributed by atoms with van der Waals surface area (Å²) in [6.45, 7) is 17.5. The number of benzene rings is 2. The van der Waals surface area contributed by atoms with E-state index < -0.39 is 29.9 Å². The van der Waals surface area contributed by atoms with Crippen molar-refractivity contribution >= 4 is 52.0 Å². The summed E-state index contributed by atoms with van der Waals surface area (Å²) in [6, 6.07) is 10.9. The van der Waals surface area contributed by atoms with E-state index in [0.717, 1.165) is 91.5 Å². The molecular formula is C44H67N7O6S3. The van der Waals surface area contributed by atoms with E-state index >= 15 is 0 Å². The quantitative estimate of drug-likeness (QED) is 0.151. The van der Waals surface area contributed by atoms with Crippen LogP contribution in [0.15, 0.2) is 46.2 Å². The molecule has 13 nitrogen and oxygen atoms in total. The van der Waals surface area contributed by atoms with Crippen LogP contribution < -0.4 is 10.5 Å². The topological polar surface area (TPSA) is 179 Å². The third-order valence-corrected chi connectivity index (χ3v) is 17.1. The van der Waals surface area contributed by atoms with Crippen molar-refractivity contribution in [1.82, 2.24) is 28.7 Å². The van der Waals surface area contributed by atoms with Crippen molar-refractivity contribution < 1.29 is 25.3 Å². The molecule has 4 aliphatic rings. The van der Waals surface area contributed by atoms with Gasteiger partial charge in [0.15, 0.2) is 19.7 Å². The average molecular weight is 886 g/mol. The van der Waals surface area contributed by atoms with E-state index in [1.807, 2.05) is 12.1 Å². The third-order valence-electron chi connectivity index (χ3n) is 12.3. The highest BCUT2D eigenvalue weighted by Crippen LogP contribution is 2.36. The van der Waals surface area contributed by atoms with Crippen molar-refractivity contribution in [1.29, 1.82) is 0 Å². The number of hydrogen-bond acceptors (Lipinski definition) is 9. The maximum absolute atomic E-state index is 13.1. The number of rotatable bonds is 13. The molecule has 4 fully saturated rings. The summed E-state index contributed by atoms with van der Waals surface area (Å²) >= 11 is 0. The summed E-state index contributed by atoms with van der Waals surface area (Å²) in [5.41, 5.74) is 3.86. The predicted molar refractivity (Wildman–Crippen MR) is 238 cm³/mol. The molecule has 0 bridgehead atoms. The first-order valence-corrected chi connectivity index (χ1v) is 26.8. The zero-order valence-electron chi connectivity index (χ0n) is 36.5. The van der Waals surface area contributed by atoms with Gasteiger partial charge in [-0.15, -0.1) is 0 Å². The lowest BCUT2D eigenvalue weighted by Crippen LogP contribution is -2.43. The minimum Gasteiger partial charge on any atom is -0.328 e. The minimum atomic E-state index is -3.72. The van der Waals surface area contributed by atoms with Crippen LogP contribution in [0.3, 0.4) is 0 Å². The van der Waals surface area contributed by atoms with Crippen LogP contribution >= 0.6 is 0 Å². The molecule has 2 aliphatic heterocycles. The van der Waals surface area contributed by atoms with Crippen molar-refractivity contribution in [2.24, 2.45) is 39.6 Å². The molecular weight excluding hydrogens is 819 g/mol. The zero-order chi connectivity index (χ0) is 43.3. The fourth-order valence-corrected chi connectivity index (χ4v) is 12.8. The van der Waals surface area contributed by atoms with Crippen molar-refractivity contribution in [3.63, 3.8) is 0 Å². The van der Waals surface area contributed by atoms with Crippen LogP contribution in [0.2, 0.25) is 0 Å². The molecule has 4 heterocycles. The van der Waals surface area contributed by atoms with Crippen molar-refractivity contribution in [3.05, 3.63) is 48.0 Å². The van der Waals surface area contributed by atoms with E-state index in [4.69, 9.17) is 15.1 Å². The summed E-state index contributed by atoms with van der Waals surface area (Å²) in [4.78, 5) is 10.5. The molecule has 0 unspecified atom stereocenters. The SMILES string of the molecule is CC(C)(C)Cc1nc2cc(S(=O)(=O)CC3CCN(S(N)(=O)=O)CC3)ccc2n1CC1CC1.CC(C)(C)Cc1nc2cc(S(=O)(=O)CC3CCNCC3)ccc2n1CC1CC1.